The van der Waals surface area contributed by atoms with Gasteiger partial charge in [0.2, 0.25) is 0 Å². The van der Waals surface area contributed by atoms with Gasteiger partial charge in [-0.15, -0.1) is 5.54 Å². The van der Waals surface area contributed by atoms with E-state index in [1.165, 1.54) is 6.07 Å². The fourth-order valence-electron chi connectivity index (χ4n) is 11.7. The summed E-state index contributed by atoms with van der Waals surface area (Å²) in [4.78, 5) is 18.6. The van der Waals surface area contributed by atoms with E-state index in [0.717, 1.165) is 57.0 Å². The third-order valence-corrected chi connectivity index (χ3v) is 21.2. The quantitative estimate of drug-likeness (QED) is 0.0822. The molecule has 2 saturated carbocycles. The first-order chi connectivity index (χ1) is 27.7. The monoisotopic (exact) mass is 810 g/mol. The summed E-state index contributed by atoms with van der Waals surface area (Å²) in [6.45, 7) is 15.4. The second-order valence-electron chi connectivity index (χ2n) is 18.8. The number of hydrogen-bond donors (Lipinski definition) is 1. The van der Waals surface area contributed by atoms with E-state index in [9.17, 15) is 4.39 Å². The van der Waals surface area contributed by atoms with E-state index >= 15 is 13.2 Å². The number of fused-ring (bicyclic) bond motifs is 5. The molecule has 7 nitrogen and oxygen atoms in total. The maximum absolute atomic E-state index is 17.6. The van der Waals surface area contributed by atoms with E-state index < -0.39 is 31.4 Å². The summed E-state index contributed by atoms with van der Waals surface area (Å²) in [5.41, 5.74) is 12.3. The highest BCUT2D eigenvalue weighted by atomic mass is 28.3. The molecule has 306 valence electrons. The Morgan fingerprint density at radius 3 is 2.48 bits per heavy atom. The number of alkyl halides is 1. The first kappa shape index (κ1) is 39.3. The summed E-state index contributed by atoms with van der Waals surface area (Å²) >= 11 is 0. The highest BCUT2D eigenvalue weighted by Gasteiger charge is 2.68. The van der Waals surface area contributed by atoms with E-state index in [1.807, 2.05) is 4.90 Å². The Morgan fingerprint density at radius 1 is 1.02 bits per heavy atom. The molecule has 0 bridgehead atoms. The average molecular weight is 811 g/mol. The number of nitrogens with zero attached hydrogens (tertiary/aromatic N) is 5. The lowest BCUT2D eigenvalue weighted by Crippen LogP contribution is -2.49. The number of aromatic nitrogens is 3. The van der Waals surface area contributed by atoms with Crippen molar-refractivity contribution >= 4 is 41.3 Å². The maximum atomic E-state index is 17.6. The Balaban J connectivity index is 1.21. The van der Waals surface area contributed by atoms with Gasteiger partial charge in [0.05, 0.1) is 28.9 Å². The number of rotatable bonds is 8. The van der Waals surface area contributed by atoms with Gasteiger partial charge in [-0.1, -0.05) is 60.0 Å². The molecule has 1 spiro atoms. The molecule has 2 N–H and O–H groups in total. The number of halogens is 4. The van der Waals surface area contributed by atoms with Gasteiger partial charge >= 0.3 is 6.01 Å². The second kappa shape index (κ2) is 14.2. The van der Waals surface area contributed by atoms with Crippen molar-refractivity contribution < 1.29 is 22.3 Å². The predicted octanol–water partition coefficient (Wildman–Crippen LogP) is 10.5. The van der Waals surface area contributed by atoms with Crippen LogP contribution in [0.2, 0.25) is 16.6 Å². The molecular formula is C46H54F4N6OSi. The number of nitrogens with two attached hydrogens (primary N) is 1. The van der Waals surface area contributed by atoms with Gasteiger partial charge in [0.25, 0.3) is 0 Å². The van der Waals surface area contributed by atoms with Gasteiger partial charge in [0, 0.05) is 41.8 Å². The van der Waals surface area contributed by atoms with Crippen molar-refractivity contribution in [2.75, 3.05) is 36.9 Å². The molecule has 0 radical (unpaired) electrons. The topological polar surface area (TPSA) is 80.4 Å². The van der Waals surface area contributed by atoms with E-state index in [-0.39, 0.29) is 46.8 Å². The first-order valence-corrected chi connectivity index (χ1v) is 23.5. The van der Waals surface area contributed by atoms with Gasteiger partial charge < -0.3 is 15.4 Å². The number of ether oxygens (including phenoxy) is 1. The third-order valence-electron chi connectivity index (χ3n) is 14.9. The molecule has 2 aliphatic carbocycles. The molecule has 2 aromatic carbocycles. The largest absolute Gasteiger partial charge is 0.461 e. The van der Waals surface area contributed by atoms with Crippen molar-refractivity contribution in [2.24, 2.45) is 11.3 Å². The number of benzene rings is 2. The van der Waals surface area contributed by atoms with Crippen LogP contribution in [0.15, 0.2) is 42.4 Å². The smallest absolute Gasteiger partial charge is 0.319 e. The van der Waals surface area contributed by atoms with Gasteiger partial charge in [-0.25, -0.2) is 17.6 Å². The van der Waals surface area contributed by atoms with Crippen LogP contribution in [0.3, 0.4) is 0 Å². The van der Waals surface area contributed by atoms with Crippen LogP contribution in [0.25, 0.3) is 32.9 Å². The molecule has 0 amide bonds. The van der Waals surface area contributed by atoms with Crippen LogP contribution in [0.1, 0.15) is 92.1 Å². The normalized spacial score (nSPS) is 25.8. The zero-order chi connectivity index (χ0) is 40.9. The molecule has 0 unspecified atom stereocenters. The van der Waals surface area contributed by atoms with Crippen LogP contribution in [0.4, 0.5) is 29.1 Å². The van der Waals surface area contributed by atoms with Crippen LogP contribution in [-0.4, -0.2) is 71.9 Å². The first-order valence-electron chi connectivity index (χ1n) is 21.2. The van der Waals surface area contributed by atoms with Crippen molar-refractivity contribution in [3.63, 3.8) is 0 Å². The van der Waals surface area contributed by atoms with Crippen LogP contribution in [0, 0.1) is 34.4 Å². The summed E-state index contributed by atoms with van der Waals surface area (Å²) in [6, 6.07) is 6.01. The lowest BCUT2D eigenvalue weighted by molar-refractivity contribution is 0.0649. The zero-order valence-corrected chi connectivity index (χ0v) is 35.4. The van der Waals surface area contributed by atoms with E-state index in [4.69, 9.17) is 25.4 Å². The standard InChI is InChI=1S/C46H54F4N6OSi/c1-26(2)58(27(3)4,28(5)6)18-12-32-36(48)11-10-30-19-31(51)20-34(37(30)32)40-39(50)41-35(23-52-40)43(56-16-8-7-9-33-38(49)42(33)56)54-44(53-41)57-25-46-21-29(22-47)24-55(46)17-15-45(46)13-14-45/h10-11,19-20,22-23,26-28,33,38,42H,7-9,13-17,21,24-25,51H2,1-6H3/b29-22-/t33-,38-,42-,46-/m0/s1. The molecule has 2 aromatic heterocycles. The Kier molecular flexibility index (Phi) is 9.62. The molecule has 58 heavy (non-hydrogen) atoms. The number of hydrogen-bond acceptors (Lipinski definition) is 7. The molecule has 5 fully saturated rings. The van der Waals surface area contributed by atoms with Crippen LogP contribution < -0.4 is 15.4 Å². The van der Waals surface area contributed by atoms with Gasteiger partial charge in [-0.2, -0.15) is 9.97 Å². The minimum atomic E-state index is -2.28. The molecule has 5 aliphatic rings. The lowest BCUT2D eigenvalue weighted by atomic mass is 9.80. The van der Waals surface area contributed by atoms with Gasteiger partial charge in [-0.05, 0) is 96.3 Å². The molecule has 4 atom stereocenters. The van der Waals surface area contributed by atoms with E-state index in [2.05, 4.69) is 57.9 Å². The maximum Gasteiger partial charge on any atom is 0.319 e. The number of pyridine rings is 1. The predicted molar refractivity (Wildman–Crippen MR) is 226 cm³/mol. The fraction of sp³-hybridized carbons (Fsp3) is 0.543. The Morgan fingerprint density at radius 2 is 1.78 bits per heavy atom. The summed E-state index contributed by atoms with van der Waals surface area (Å²) in [5.74, 6) is 2.35. The van der Waals surface area contributed by atoms with Gasteiger partial charge in [0.1, 0.15) is 43.7 Å². The fourth-order valence-corrected chi connectivity index (χ4v) is 16.9. The van der Waals surface area contributed by atoms with Gasteiger partial charge in [-0.3, -0.25) is 9.88 Å². The Hall–Kier alpha value is -4.21. The second-order valence-corrected chi connectivity index (χ2v) is 24.3. The molecular weight excluding hydrogens is 757 g/mol. The molecule has 3 saturated heterocycles. The third kappa shape index (κ3) is 5.95. The van der Waals surface area contributed by atoms with Gasteiger partial charge in [0.15, 0.2) is 5.82 Å². The number of nitrogen functional groups attached to an aromatic ring is 1. The molecule has 3 aliphatic heterocycles. The van der Waals surface area contributed by atoms with Crippen molar-refractivity contribution in [1.29, 1.82) is 0 Å². The van der Waals surface area contributed by atoms with Crippen molar-refractivity contribution in [3.05, 3.63) is 59.6 Å². The summed E-state index contributed by atoms with van der Waals surface area (Å²) in [5, 5.41) is 1.39. The van der Waals surface area contributed by atoms with Crippen LogP contribution in [0.5, 0.6) is 6.01 Å². The van der Waals surface area contributed by atoms with E-state index in [0.29, 0.717) is 69.4 Å². The number of anilines is 2. The van der Waals surface area contributed by atoms with Crippen molar-refractivity contribution in [1.82, 2.24) is 19.9 Å². The Bertz CT molecular complexity index is 2380. The van der Waals surface area contributed by atoms with Crippen LogP contribution >= 0.6 is 0 Å². The molecule has 4 aromatic rings. The van der Waals surface area contributed by atoms with Crippen LogP contribution in [-0.2, 0) is 0 Å². The van der Waals surface area contributed by atoms with E-state index in [1.54, 1.807) is 24.4 Å². The summed E-state index contributed by atoms with van der Waals surface area (Å²) < 4.78 is 69.6. The zero-order valence-electron chi connectivity index (χ0n) is 34.4. The molecule has 9 rings (SSSR count). The Labute approximate surface area is 339 Å². The minimum Gasteiger partial charge on any atom is -0.461 e. The summed E-state index contributed by atoms with van der Waals surface area (Å²) in [6.07, 6.45) is 7.46. The van der Waals surface area contributed by atoms with Crippen molar-refractivity contribution in [3.8, 4) is 28.7 Å². The van der Waals surface area contributed by atoms with Crippen molar-refractivity contribution in [2.45, 2.75) is 121 Å². The highest BCUT2D eigenvalue weighted by Crippen LogP contribution is 2.66. The molecule has 12 heteroatoms. The lowest BCUT2D eigenvalue weighted by Gasteiger charge is -2.38. The summed E-state index contributed by atoms with van der Waals surface area (Å²) in [7, 11) is -2.28. The average Bonchev–Trinajstić information content (AvgIpc) is 4.06. The SMILES string of the molecule is CC(C)[Si](C#Cc1c(F)ccc2cc(N)cc(-c3ncc4c(N5CCCC[C@H]6[C@H](F)[C@H]65)nc(OC[C@]56C/C(=C/F)CN5CCC65CC5)nc4c3F)c12)(C(C)C)C(C)C. The highest BCUT2D eigenvalue weighted by molar-refractivity contribution is 6.90. The minimum absolute atomic E-state index is 0.0162. The molecule has 5 heterocycles.